The number of hydrogen-bond acceptors (Lipinski definition) is 3. The molecule has 3 aliphatic rings. The minimum atomic E-state index is -0.144. The number of phenolic OH excluding ortho intramolecular Hbond substituents is 1. The van der Waals surface area contributed by atoms with E-state index in [0.29, 0.717) is 23.5 Å². The first kappa shape index (κ1) is 23.4. The van der Waals surface area contributed by atoms with Gasteiger partial charge in [0.15, 0.2) is 0 Å². The van der Waals surface area contributed by atoms with Crippen LogP contribution in [0.3, 0.4) is 0 Å². The number of unbranched alkanes of at least 4 members (excludes halogenated alkanes) is 6. The van der Waals surface area contributed by atoms with Crippen LogP contribution in [0, 0.1) is 17.3 Å². The third-order valence-corrected chi connectivity index (χ3v) is 8.86. The number of esters is 1. The first-order valence-corrected chi connectivity index (χ1v) is 13.2. The summed E-state index contributed by atoms with van der Waals surface area (Å²) >= 11 is 0. The Hall–Kier alpha value is -1.77. The van der Waals surface area contributed by atoms with Gasteiger partial charge in [0.05, 0.1) is 0 Å². The minimum absolute atomic E-state index is 0.0564. The van der Waals surface area contributed by atoms with Gasteiger partial charge in [-0.15, -0.1) is 0 Å². The molecule has 0 heterocycles. The highest BCUT2D eigenvalue weighted by molar-refractivity contribution is 5.82. The molecule has 0 unspecified atom stereocenters. The largest absolute Gasteiger partial charge is 0.508 e. The Morgan fingerprint density at radius 3 is 2.78 bits per heavy atom. The molecular weight excluding hydrogens is 396 g/mol. The number of aromatic hydroxyl groups is 1. The van der Waals surface area contributed by atoms with Crippen LogP contribution < -0.4 is 0 Å². The highest BCUT2D eigenvalue weighted by atomic mass is 16.5. The Labute approximate surface area is 194 Å². The molecule has 0 amide bonds. The van der Waals surface area contributed by atoms with Crippen molar-refractivity contribution in [3.05, 3.63) is 41.5 Å². The lowest BCUT2D eigenvalue weighted by Crippen LogP contribution is -2.45. The number of benzene rings is 1. The molecule has 2 saturated carbocycles. The fraction of sp³-hybridized carbons (Fsp3) is 0.690. The zero-order valence-electron chi connectivity index (χ0n) is 20.2. The molecule has 0 aromatic heterocycles. The molecule has 32 heavy (non-hydrogen) atoms. The van der Waals surface area contributed by atoms with Crippen molar-refractivity contribution in [1.29, 1.82) is 0 Å². The molecule has 3 aliphatic carbocycles. The molecule has 1 N–H and O–H groups in total. The van der Waals surface area contributed by atoms with E-state index in [-0.39, 0.29) is 17.5 Å². The summed E-state index contributed by atoms with van der Waals surface area (Å²) in [5.41, 5.74) is 2.91. The molecule has 3 heteroatoms. The summed E-state index contributed by atoms with van der Waals surface area (Å²) in [6.07, 6.45) is 19.1. The Bertz CT molecular complexity index is 813. The lowest BCUT2D eigenvalue weighted by Gasteiger charge is -2.50. The van der Waals surface area contributed by atoms with Gasteiger partial charge >= 0.3 is 5.97 Å². The normalized spacial score (nSPS) is 31.2. The number of carbonyl (C=O) groups excluding carboxylic acids is 1. The third kappa shape index (κ3) is 4.92. The first-order valence-electron chi connectivity index (χ1n) is 13.2. The van der Waals surface area contributed by atoms with E-state index in [1.165, 1.54) is 62.5 Å². The van der Waals surface area contributed by atoms with E-state index < -0.39 is 0 Å². The van der Waals surface area contributed by atoms with E-state index in [9.17, 15) is 9.90 Å². The van der Waals surface area contributed by atoms with Crippen molar-refractivity contribution in [2.75, 3.05) is 0 Å². The zero-order valence-corrected chi connectivity index (χ0v) is 20.2. The summed E-state index contributed by atoms with van der Waals surface area (Å²) in [6.45, 7) is 4.62. The maximum atomic E-state index is 12.5. The summed E-state index contributed by atoms with van der Waals surface area (Å²) in [5.74, 6) is 2.16. The Morgan fingerprint density at radius 1 is 1.12 bits per heavy atom. The van der Waals surface area contributed by atoms with Crippen molar-refractivity contribution in [3.8, 4) is 5.75 Å². The van der Waals surface area contributed by atoms with Gasteiger partial charge in [-0.05, 0) is 92.4 Å². The van der Waals surface area contributed by atoms with Crippen LogP contribution in [0.15, 0.2) is 30.4 Å². The van der Waals surface area contributed by atoms with E-state index in [2.05, 4.69) is 19.9 Å². The van der Waals surface area contributed by atoms with Crippen molar-refractivity contribution < 1.29 is 14.6 Å². The number of allylic oxidation sites excluding steroid dienone is 1. The smallest absolute Gasteiger partial charge is 0.330 e. The topological polar surface area (TPSA) is 46.5 Å². The number of carbonyl (C=O) groups is 1. The number of rotatable bonds is 9. The molecule has 1 aromatic carbocycles. The van der Waals surface area contributed by atoms with Crippen molar-refractivity contribution in [3.63, 3.8) is 0 Å². The van der Waals surface area contributed by atoms with Crippen molar-refractivity contribution >= 4 is 5.97 Å². The highest BCUT2D eigenvalue weighted by Gasteiger charge is 2.56. The Morgan fingerprint density at radius 2 is 1.94 bits per heavy atom. The molecule has 0 radical (unpaired) electrons. The molecular formula is C29H42O3. The van der Waals surface area contributed by atoms with Gasteiger partial charge in [0, 0.05) is 11.5 Å². The molecule has 0 aliphatic heterocycles. The van der Waals surface area contributed by atoms with E-state index in [1.54, 1.807) is 6.08 Å². The third-order valence-electron chi connectivity index (χ3n) is 8.86. The second-order valence-electron chi connectivity index (χ2n) is 10.8. The van der Waals surface area contributed by atoms with Crippen LogP contribution in [0.25, 0.3) is 0 Å². The number of ether oxygens (including phenoxy) is 1. The highest BCUT2D eigenvalue weighted by Crippen LogP contribution is 2.61. The summed E-state index contributed by atoms with van der Waals surface area (Å²) in [5, 5.41) is 9.88. The lowest BCUT2D eigenvalue weighted by molar-refractivity contribution is -0.151. The predicted octanol–water partition coefficient (Wildman–Crippen LogP) is 7.47. The molecule has 176 valence electrons. The summed E-state index contributed by atoms with van der Waals surface area (Å²) < 4.78 is 6.05. The minimum Gasteiger partial charge on any atom is -0.508 e. The molecule has 5 atom stereocenters. The molecule has 0 bridgehead atoms. The van der Waals surface area contributed by atoms with Crippen LogP contribution >= 0.6 is 0 Å². The van der Waals surface area contributed by atoms with Crippen LogP contribution in [0.5, 0.6) is 5.75 Å². The van der Waals surface area contributed by atoms with Crippen LogP contribution in [0.2, 0.25) is 0 Å². The Balaban J connectivity index is 1.30. The SMILES string of the molecule is CCCCCCCCC=CC(=O)O[C@H]1CC[C@H]2[C@@H]3CCc4cc(O)ccc4[C@H]3CC[C@]12C. The quantitative estimate of drug-likeness (QED) is 0.247. The second kappa shape index (κ2) is 10.4. The average Bonchev–Trinajstić information content (AvgIpc) is 3.11. The maximum Gasteiger partial charge on any atom is 0.330 e. The molecule has 0 spiro atoms. The van der Waals surface area contributed by atoms with Gasteiger partial charge in [-0.3, -0.25) is 0 Å². The number of aryl methyl sites for hydroxylation is 1. The van der Waals surface area contributed by atoms with Gasteiger partial charge < -0.3 is 9.84 Å². The van der Waals surface area contributed by atoms with E-state index >= 15 is 0 Å². The van der Waals surface area contributed by atoms with Crippen LogP contribution in [0.1, 0.15) is 108 Å². The van der Waals surface area contributed by atoms with Crippen molar-refractivity contribution in [2.24, 2.45) is 17.3 Å². The first-order chi connectivity index (χ1) is 15.5. The number of phenols is 1. The monoisotopic (exact) mass is 438 g/mol. The van der Waals surface area contributed by atoms with Gasteiger partial charge in [-0.1, -0.05) is 58.1 Å². The van der Waals surface area contributed by atoms with E-state index in [4.69, 9.17) is 4.74 Å². The molecule has 1 aromatic rings. The lowest BCUT2D eigenvalue weighted by atomic mass is 9.55. The average molecular weight is 439 g/mol. The van der Waals surface area contributed by atoms with Gasteiger partial charge in [0.25, 0.3) is 0 Å². The van der Waals surface area contributed by atoms with Gasteiger partial charge in [-0.2, -0.15) is 0 Å². The van der Waals surface area contributed by atoms with Gasteiger partial charge in [0.1, 0.15) is 11.9 Å². The summed E-state index contributed by atoms with van der Waals surface area (Å²) in [4.78, 5) is 12.5. The molecule has 0 saturated heterocycles. The van der Waals surface area contributed by atoms with Crippen LogP contribution in [0.4, 0.5) is 0 Å². The summed E-state index contributed by atoms with van der Waals surface area (Å²) in [6, 6.07) is 5.98. The number of fused-ring (bicyclic) bond motifs is 5. The van der Waals surface area contributed by atoms with E-state index in [0.717, 1.165) is 32.1 Å². The van der Waals surface area contributed by atoms with Crippen molar-refractivity contribution in [1.82, 2.24) is 0 Å². The van der Waals surface area contributed by atoms with Gasteiger partial charge in [0.2, 0.25) is 0 Å². The fourth-order valence-corrected chi connectivity index (χ4v) is 7.12. The predicted molar refractivity (Wildman–Crippen MR) is 130 cm³/mol. The van der Waals surface area contributed by atoms with Crippen LogP contribution in [-0.2, 0) is 16.0 Å². The van der Waals surface area contributed by atoms with Crippen molar-refractivity contribution in [2.45, 2.75) is 109 Å². The standard InChI is InChI=1S/C29H42O3/c1-3-4-5-6-7-8-9-10-11-28(31)32-27-17-16-26-25-14-12-21-20-22(30)13-15-23(21)24(25)18-19-29(26,27)2/h10-11,13,15,20,24-27,30H,3-9,12,14,16-19H2,1-2H3/t24-,25-,26+,27+,29+/m1/s1. The fourth-order valence-electron chi connectivity index (χ4n) is 7.12. The number of hydrogen-bond donors (Lipinski definition) is 1. The zero-order chi connectivity index (χ0) is 22.6. The molecule has 3 nitrogen and oxygen atoms in total. The second-order valence-corrected chi connectivity index (χ2v) is 10.8. The van der Waals surface area contributed by atoms with Crippen LogP contribution in [-0.4, -0.2) is 17.2 Å². The Kier molecular flexibility index (Phi) is 7.63. The van der Waals surface area contributed by atoms with Gasteiger partial charge in [-0.25, -0.2) is 4.79 Å². The summed E-state index contributed by atoms with van der Waals surface area (Å²) in [7, 11) is 0. The molecule has 4 rings (SSSR count). The van der Waals surface area contributed by atoms with E-state index in [1.807, 2.05) is 18.2 Å². The molecule has 2 fully saturated rings. The maximum absolute atomic E-state index is 12.5.